The Morgan fingerprint density at radius 2 is 2.16 bits per heavy atom. The third-order valence-electron chi connectivity index (χ3n) is 2.68. The summed E-state index contributed by atoms with van der Waals surface area (Å²) in [6, 6.07) is 9.18. The molecule has 2 amide bonds. The van der Waals surface area contributed by atoms with Gasteiger partial charge in [0.2, 0.25) is 11.8 Å². The fraction of sp³-hybridized carbons (Fsp3) is 0.308. The highest BCUT2D eigenvalue weighted by atomic mass is 32.2. The van der Waals surface area contributed by atoms with Crippen molar-refractivity contribution in [3.8, 4) is 6.07 Å². The molecule has 1 N–H and O–H groups in total. The van der Waals surface area contributed by atoms with Gasteiger partial charge < -0.3 is 10.2 Å². The number of nitrogens with one attached hydrogen (secondary N) is 1. The summed E-state index contributed by atoms with van der Waals surface area (Å²) in [6.07, 6.45) is 0.355. The lowest BCUT2D eigenvalue weighted by atomic mass is 10.1. The molecule has 1 fully saturated rings. The minimum atomic E-state index is -0.205. The van der Waals surface area contributed by atoms with E-state index in [0.29, 0.717) is 23.7 Å². The van der Waals surface area contributed by atoms with Gasteiger partial charge in [0.1, 0.15) is 6.54 Å². The molecular weight excluding hydrogens is 262 g/mol. The van der Waals surface area contributed by atoms with Crippen molar-refractivity contribution >= 4 is 29.3 Å². The van der Waals surface area contributed by atoms with Crippen LogP contribution in [0.25, 0.3) is 0 Å². The Hall–Kier alpha value is -2.00. The van der Waals surface area contributed by atoms with Crippen LogP contribution in [-0.2, 0) is 16.0 Å². The number of nitriles is 1. The van der Waals surface area contributed by atoms with Gasteiger partial charge in [0, 0.05) is 5.69 Å². The van der Waals surface area contributed by atoms with E-state index in [9.17, 15) is 9.59 Å². The molecule has 2 rings (SSSR count). The van der Waals surface area contributed by atoms with Crippen LogP contribution in [0.5, 0.6) is 0 Å². The van der Waals surface area contributed by atoms with Crippen LogP contribution in [0.3, 0.4) is 0 Å². The number of carbonyl (C=O) groups is 2. The molecule has 19 heavy (non-hydrogen) atoms. The minimum Gasteiger partial charge on any atom is -0.325 e. The summed E-state index contributed by atoms with van der Waals surface area (Å²) in [5, 5.41) is 11.3. The standard InChI is InChI=1S/C13H13N3O2S/c14-6-5-10-1-3-11(4-2-10)15-12(17)7-16-9-19-8-13(16)18/h1-4H,5,7-9H2,(H,15,17). The van der Waals surface area contributed by atoms with Crippen LogP contribution >= 0.6 is 11.8 Å². The van der Waals surface area contributed by atoms with Gasteiger partial charge in [0.15, 0.2) is 0 Å². The molecule has 1 aromatic rings. The maximum atomic E-state index is 11.8. The zero-order valence-corrected chi connectivity index (χ0v) is 11.1. The Labute approximate surface area is 115 Å². The van der Waals surface area contributed by atoms with Gasteiger partial charge in [-0.15, -0.1) is 11.8 Å². The van der Waals surface area contributed by atoms with Crippen LogP contribution in [0.1, 0.15) is 5.56 Å². The Bertz CT molecular complexity index is 522. The molecule has 1 aromatic carbocycles. The van der Waals surface area contributed by atoms with Gasteiger partial charge in [0.25, 0.3) is 0 Å². The zero-order chi connectivity index (χ0) is 13.7. The van der Waals surface area contributed by atoms with Gasteiger partial charge in [-0.25, -0.2) is 0 Å². The van der Waals surface area contributed by atoms with Gasteiger partial charge in [-0.3, -0.25) is 9.59 Å². The third kappa shape index (κ3) is 3.73. The monoisotopic (exact) mass is 275 g/mol. The maximum absolute atomic E-state index is 11.8. The normalized spacial score (nSPS) is 14.3. The van der Waals surface area contributed by atoms with Crippen LogP contribution in [0.2, 0.25) is 0 Å². The number of amides is 2. The van der Waals surface area contributed by atoms with Gasteiger partial charge in [0.05, 0.1) is 24.1 Å². The van der Waals surface area contributed by atoms with Gasteiger partial charge in [-0.05, 0) is 17.7 Å². The highest BCUT2D eigenvalue weighted by molar-refractivity contribution is 8.00. The highest BCUT2D eigenvalue weighted by Crippen LogP contribution is 2.15. The van der Waals surface area contributed by atoms with Crippen molar-refractivity contribution < 1.29 is 9.59 Å². The first-order valence-corrected chi connectivity index (χ1v) is 6.96. The van der Waals surface area contributed by atoms with E-state index < -0.39 is 0 Å². The number of thioether (sulfide) groups is 1. The number of benzene rings is 1. The predicted molar refractivity (Wildman–Crippen MR) is 73.4 cm³/mol. The lowest BCUT2D eigenvalue weighted by molar-refractivity contribution is -0.130. The fourth-order valence-electron chi connectivity index (χ4n) is 1.71. The average molecular weight is 275 g/mol. The molecule has 6 heteroatoms. The van der Waals surface area contributed by atoms with Crippen molar-refractivity contribution in [2.24, 2.45) is 0 Å². The number of nitrogens with zero attached hydrogens (tertiary/aromatic N) is 2. The van der Waals surface area contributed by atoms with E-state index in [1.165, 1.54) is 16.7 Å². The molecule has 98 valence electrons. The molecule has 0 bridgehead atoms. The fourth-order valence-corrected chi connectivity index (χ4v) is 2.62. The van der Waals surface area contributed by atoms with Crippen LogP contribution in [-0.4, -0.2) is 34.9 Å². The summed E-state index contributed by atoms with van der Waals surface area (Å²) >= 11 is 1.51. The number of hydrogen-bond donors (Lipinski definition) is 1. The quantitative estimate of drug-likeness (QED) is 0.896. The second kappa shape index (κ2) is 6.25. The van der Waals surface area contributed by atoms with E-state index in [1.54, 1.807) is 24.3 Å². The molecular formula is C13H13N3O2S. The van der Waals surface area contributed by atoms with Crippen LogP contribution in [0, 0.1) is 11.3 Å². The van der Waals surface area contributed by atoms with Crippen molar-refractivity contribution in [2.45, 2.75) is 6.42 Å². The van der Waals surface area contributed by atoms with E-state index in [-0.39, 0.29) is 18.4 Å². The van der Waals surface area contributed by atoms with Crippen LogP contribution < -0.4 is 5.32 Å². The first-order chi connectivity index (χ1) is 9.19. The lowest BCUT2D eigenvalue weighted by Gasteiger charge is -2.14. The van der Waals surface area contributed by atoms with Gasteiger partial charge in [-0.1, -0.05) is 12.1 Å². The zero-order valence-electron chi connectivity index (χ0n) is 10.3. The molecule has 0 radical (unpaired) electrons. The van der Waals surface area contributed by atoms with Crippen molar-refractivity contribution in [2.75, 3.05) is 23.5 Å². The van der Waals surface area contributed by atoms with Crippen molar-refractivity contribution in [3.05, 3.63) is 29.8 Å². The van der Waals surface area contributed by atoms with Crippen molar-refractivity contribution in [1.82, 2.24) is 4.90 Å². The molecule has 0 atom stereocenters. The van der Waals surface area contributed by atoms with E-state index in [1.807, 2.05) is 0 Å². The summed E-state index contributed by atoms with van der Waals surface area (Å²) < 4.78 is 0. The van der Waals surface area contributed by atoms with Crippen LogP contribution in [0.4, 0.5) is 5.69 Å². The molecule has 0 unspecified atom stereocenters. The molecule has 1 saturated heterocycles. The van der Waals surface area contributed by atoms with E-state index in [0.717, 1.165) is 5.56 Å². The summed E-state index contributed by atoms with van der Waals surface area (Å²) in [5.41, 5.74) is 1.58. The van der Waals surface area contributed by atoms with E-state index in [4.69, 9.17) is 5.26 Å². The lowest BCUT2D eigenvalue weighted by Crippen LogP contribution is -2.34. The second-order valence-corrected chi connectivity index (χ2v) is 5.10. The van der Waals surface area contributed by atoms with Gasteiger partial charge >= 0.3 is 0 Å². The Morgan fingerprint density at radius 1 is 1.42 bits per heavy atom. The molecule has 1 aliphatic rings. The summed E-state index contributed by atoms with van der Waals surface area (Å²) in [7, 11) is 0. The largest absolute Gasteiger partial charge is 0.325 e. The smallest absolute Gasteiger partial charge is 0.244 e. The first kappa shape index (κ1) is 13.4. The topological polar surface area (TPSA) is 73.2 Å². The van der Waals surface area contributed by atoms with E-state index >= 15 is 0 Å². The Kier molecular flexibility index (Phi) is 4.42. The molecule has 0 spiro atoms. The second-order valence-electron chi connectivity index (χ2n) is 4.15. The predicted octanol–water partition coefficient (Wildman–Crippen LogP) is 1.22. The molecule has 1 heterocycles. The highest BCUT2D eigenvalue weighted by Gasteiger charge is 2.22. The van der Waals surface area contributed by atoms with Gasteiger partial charge in [-0.2, -0.15) is 5.26 Å². The Balaban J connectivity index is 1.88. The summed E-state index contributed by atoms with van der Waals surface area (Å²) in [5.74, 6) is 0.831. The summed E-state index contributed by atoms with van der Waals surface area (Å²) in [6.45, 7) is 0.0891. The van der Waals surface area contributed by atoms with Crippen molar-refractivity contribution in [1.29, 1.82) is 5.26 Å². The van der Waals surface area contributed by atoms with Crippen molar-refractivity contribution in [3.63, 3.8) is 0 Å². The third-order valence-corrected chi connectivity index (χ3v) is 3.63. The number of carbonyl (C=O) groups excluding carboxylic acids is 2. The molecule has 0 aliphatic carbocycles. The SMILES string of the molecule is N#CCc1ccc(NC(=O)CN2CSCC2=O)cc1. The number of rotatable bonds is 4. The molecule has 5 nitrogen and oxygen atoms in total. The van der Waals surface area contributed by atoms with E-state index in [2.05, 4.69) is 11.4 Å². The minimum absolute atomic E-state index is 0.00418. The first-order valence-electron chi connectivity index (χ1n) is 5.80. The number of anilines is 1. The number of hydrogen-bond acceptors (Lipinski definition) is 4. The molecule has 1 aliphatic heterocycles. The molecule has 0 saturated carbocycles. The Morgan fingerprint density at radius 3 is 2.74 bits per heavy atom. The van der Waals surface area contributed by atoms with Crippen LogP contribution in [0.15, 0.2) is 24.3 Å². The summed E-state index contributed by atoms with van der Waals surface area (Å²) in [4.78, 5) is 24.7. The average Bonchev–Trinajstić information content (AvgIpc) is 2.78. The molecule has 0 aromatic heterocycles. The maximum Gasteiger partial charge on any atom is 0.244 e.